The highest BCUT2D eigenvalue weighted by atomic mass is 15.0. The molecule has 0 saturated heterocycles. The topological polar surface area (TPSA) is 20.7 Å². The average Bonchev–Trinajstić information content (AvgIpc) is 3.50. The van der Waals surface area contributed by atoms with E-state index < -0.39 is 0 Å². The number of hydrogen-bond donors (Lipinski definition) is 1. The largest absolute Gasteiger partial charge is 0.355 e. The van der Waals surface area contributed by atoms with E-state index in [1.807, 2.05) is 0 Å². The van der Waals surface area contributed by atoms with Crippen molar-refractivity contribution >= 4 is 38.8 Å². The van der Waals surface area contributed by atoms with Gasteiger partial charge in [0, 0.05) is 50.1 Å². The Kier molecular flexibility index (Phi) is 3.01. The Balaban J connectivity index is 1.40. The van der Waals surface area contributed by atoms with Gasteiger partial charge < -0.3 is 9.55 Å². The van der Waals surface area contributed by atoms with Crippen LogP contribution < -0.4 is 0 Å². The summed E-state index contributed by atoms with van der Waals surface area (Å²) < 4.78 is 2.52. The highest BCUT2D eigenvalue weighted by Crippen LogP contribution is 2.49. The van der Waals surface area contributed by atoms with Crippen molar-refractivity contribution in [1.29, 1.82) is 0 Å². The number of aromatic amines is 1. The van der Waals surface area contributed by atoms with Crippen LogP contribution >= 0.6 is 0 Å². The van der Waals surface area contributed by atoms with Gasteiger partial charge in [-0.15, -0.1) is 0 Å². The Morgan fingerprint density at radius 1 is 0.719 bits per heavy atom. The van der Waals surface area contributed by atoms with Gasteiger partial charge in [-0.25, -0.2) is 0 Å². The summed E-state index contributed by atoms with van der Waals surface area (Å²) in [6.45, 7) is 0. The summed E-state index contributed by atoms with van der Waals surface area (Å²) in [5, 5.41) is 3.92. The Bertz CT molecular complexity index is 1760. The first-order valence-electron chi connectivity index (χ1n) is 11.3. The Morgan fingerprint density at radius 2 is 1.53 bits per heavy atom. The van der Waals surface area contributed by atoms with Crippen molar-refractivity contribution in [2.45, 2.75) is 12.3 Å². The molecule has 0 amide bonds. The highest BCUT2D eigenvalue weighted by Gasteiger charge is 2.34. The van der Waals surface area contributed by atoms with Crippen LogP contribution in [-0.2, 0) is 0 Å². The monoisotopic (exact) mass is 408 g/mol. The standard InChI is InChI=1S/C30H20N2/c1-3-10-26-20(6-1)25-16-18(13-15-27(25)31-26)19-12-14-22-24-9-5-8-23-21-7-2-4-11-28(21)32(30(23)24)29(22)17-19/h1-7,9-17,23,31H,8H2. The molecule has 1 atom stereocenters. The van der Waals surface area contributed by atoms with Gasteiger partial charge in [0.05, 0.1) is 5.52 Å². The lowest BCUT2D eigenvalue weighted by atomic mass is 9.87. The number of allylic oxidation sites excluding steroid dienone is 1. The van der Waals surface area contributed by atoms with Crippen LogP contribution in [0.3, 0.4) is 0 Å². The van der Waals surface area contributed by atoms with Gasteiger partial charge in [0.15, 0.2) is 0 Å². The van der Waals surface area contributed by atoms with E-state index in [1.54, 1.807) is 0 Å². The lowest BCUT2D eigenvalue weighted by molar-refractivity contribution is 0.820. The van der Waals surface area contributed by atoms with Crippen molar-refractivity contribution < 1.29 is 0 Å². The molecular formula is C30H20N2. The molecule has 1 aliphatic carbocycles. The maximum absolute atomic E-state index is 3.54. The minimum atomic E-state index is 0.477. The second-order valence-corrected chi connectivity index (χ2v) is 9.05. The number of nitrogens with one attached hydrogen (secondary N) is 1. The molecule has 4 aromatic carbocycles. The maximum Gasteiger partial charge on any atom is 0.0544 e. The summed E-state index contributed by atoms with van der Waals surface area (Å²) in [6.07, 6.45) is 5.76. The molecule has 0 spiro atoms. The summed E-state index contributed by atoms with van der Waals surface area (Å²) in [5.41, 5.74) is 11.9. The first-order valence-corrected chi connectivity index (χ1v) is 11.3. The first kappa shape index (κ1) is 16.6. The number of H-pyrrole nitrogens is 1. The smallest absolute Gasteiger partial charge is 0.0544 e. The van der Waals surface area contributed by atoms with E-state index in [2.05, 4.69) is 107 Å². The molecule has 0 radical (unpaired) electrons. The van der Waals surface area contributed by atoms with Crippen molar-refractivity contribution in [2.75, 3.05) is 0 Å². The fourth-order valence-corrected chi connectivity index (χ4v) is 6.01. The van der Waals surface area contributed by atoms with Crippen molar-refractivity contribution in [3.8, 4) is 16.8 Å². The molecule has 2 aliphatic rings. The van der Waals surface area contributed by atoms with E-state index in [4.69, 9.17) is 0 Å². The molecule has 1 aliphatic heterocycles. The van der Waals surface area contributed by atoms with E-state index in [0.717, 1.165) is 6.42 Å². The number of fused-ring (bicyclic) bond motifs is 9. The molecule has 8 rings (SSSR count). The van der Waals surface area contributed by atoms with E-state index in [-0.39, 0.29) is 0 Å². The summed E-state index contributed by atoms with van der Waals surface area (Å²) in [6, 6.07) is 31.2. The van der Waals surface area contributed by atoms with Crippen LogP contribution in [0.4, 0.5) is 0 Å². The first-order chi connectivity index (χ1) is 15.9. The SMILES string of the molecule is C1=Cc2c3n(c4cc(-c5ccc6[nH]c7ccccc7c6c5)ccc24)-c2ccccc2C3C1. The normalized spacial score (nSPS) is 16.2. The number of hydrogen-bond acceptors (Lipinski definition) is 0. The van der Waals surface area contributed by atoms with E-state index in [9.17, 15) is 0 Å². The molecule has 150 valence electrons. The third kappa shape index (κ3) is 2.00. The molecule has 2 aromatic heterocycles. The Labute approximate surface area is 185 Å². The molecule has 3 heterocycles. The molecule has 0 fully saturated rings. The number of para-hydroxylation sites is 2. The van der Waals surface area contributed by atoms with Gasteiger partial charge in [0.25, 0.3) is 0 Å². The molecular weight excluding hydrogens is 388 g/mol. The fraction of sp³-hybridized carbons (Fsp3) is 0.0667. The summed E-state index contributed by atoms with van der Waals surface area (Å²) in [7, 11) is 0. The van der Waals surface area contributed by atoms with Gasteiger partial charge in [0.2, 0.25) is 0 Å². The van der Waals surface area contributed by atoms with Crippen molar-refractivity contribution in [2.24, 2.45) is 0 Å². The lowest BCUT2D eigenvalue weighted by Crippen LogP contribution is -2.00. The fourth-order valence-electron chi connectivity index (χ4n) is 6.01. The molecule has 1 unspecified atom stereocenters. The maximum atomic E-state index is 3.54. The van der Waals surface area contributed by atoms with Crippen LogP contribution in [0.2, 0.25) is 0 Å². The van der Waals surface area contributed by atoms with Crippen LogP contribution in [0.5, 0.6) is 0 Å². The predicted molar refractivity (Wildman–Crippen MR) is 134 cm³/mol. The number of rotatable bonds is 1. The average molecular weight is 409 g/mol. The molecule has 0 bridgehead atoms. The minimum Gasteiger partial charge on any atom is -0.355 e. The minimum absolute atomic E-state index is 0.477. The van der Waals surface area contributed by atoms with Gasteiger partial charge in [-0.2, -0.15) is 0 Å². The van der Waals surface area contributed by atoms with Crippen LogP contribution in [0.15, 0.2) is 91.0 Å². The van der Waals surface area contributed by atoms with E-state index in [0.29, 0.717) is 5.92 Å². The second-order valence-electron chi connectivity index (χ2n) is 9.05. The third-order valence-electron chi connectivity index (χ3n) is 7.42. The summed E-state index contributed by atoms with van der Waals surface area (Å²) in [4.78, 5) is 3.54. The lowest BCUT2D eigenvalue weighted by Gasteiger charge is -2.14. The molecule has 6 aromatic rings. The van der Waals surface area contributed by atoms with Gasteiger partial charge in [-0.3, -0.25) is 0 Å². The zero-order valence-corrected chi connectivity index (χ0v) is 17.5. The van der Waals surface area contributed by atoms with Gasteiger partial charge >= 0.3 is 0 Å². The van der Waals surface area contributed by atoms with E-state index in [1.165, 1.54) is 66.3 Å². The van der Waals surface area contributed by atoms with Crippen molar-refractivity contribution in [3.05, 3.63) is 108 Å². The molecule has 32 heavy (non-hydrogen) atoms. The third-order valence-corrected chi connectivity index (χ3v) is 7.42. The predicted octanol–water partition coefficient (Wildman–Crippen LogP) is 7.79. The zero-order chi connectivity index (χ0) is 20.8. The Morgan fingerprint density at radius 3 is 2.53 bits per heavy atom. The van der Waals surface area contributed by atoms with Gasteiger partial charge in [0.1, 0.15) is 0 Å². The van der Waals surface area contributed by atoms with Gasteiger partial charge in [-0.05, 0) is 53.4 Å². The van der Waals surface area contributed by atoms with Crippen LogP contribution in [0.1, 0.15) is 29.2 Å². The molecule has 1 N–H and O–H groups in total. The second kappa shape index (κ2) is 5.80. The van der Waals surface area contributed by atoms with Crippen LogP contribution in [-0.4, -0.2) is 9.55 Å². The number of aromatic nitrogens is 2. The zero-order valence-electron chi connectivity index (χ0n) is 17.5. The number of nitrogens with zero attached hydrogens (tertiary/aromatic N) is 1. The van der Waals surface area contributed by atoms with E-state index >= 15 is 0 Å². The number of benzene rings is 4. The summed E-state index contributed by atoms with van der Waals surface area (Å²) >= 11 is 0. The molecule has 2 heteroatoms. The quantitative estimate of drug-likeness (QED) is 0.287. The van der Waals surface area contributed by atoms with Crippen molar-refractivity contribution in [3.63, 3.8) is 0 Å². The highest BCUT2D eigenvalue weighted by molar-refractivity contribution is 6.08. The Hall–Kier alpha value is -4.04. The van der Waals surface area contributed by atoms with Crippen LogP contribution in [0.25, 0.3) is 55.6 Å². The molecule has 0 saturated carbocycles. The molecule has 2 nitrogen and oxygen atoms in total. The van der Waals surface area contributed by atoms with Crippen molar-refractivity contribution in [1.82, 2.24) is 9.55 Å². The summed E-state index contributed by atoms with van der Waals surface area (Å²) in [5.74, 6) is 0.477. The van der Waals surface area contributed by atoms with Crippen LogP contribution in [0, 0.1) is 0 Å². The van der Waals surface area contributed by atoms with Gasteiger partial charge in [-0.1, -0.05) is 66.7 Å².